The van der Waals surface area contributed by atoms with Crippen molar-refractivity contribution in [3.05, 3.63) is 56.9 Å². The first kappa shape index (κ1) is 16.0. The summed E-state index contributed by atoms with van der Waals surface area (Å²) in [7, 11) is 1.93. The van der Waals surface area contributed by atoms with Gasteiger partial charge in [0.05, 0.1) is 22.9 Å². The molecule has 0 amide bonds. The van der Waals surface area contributed by atoms with Crippen LogP contribution in [0.3, 0.4) is 0 Å². The molecule has 23 heavy (non-hydrogen) atoms. The number of nitrogens with zero attached hydrogens (tertiary/aromatic N) is 3. The van der Waals surface area contributed by atoms with Crippen molar-refractivity contribution >= 4 is 34.9 Å². The number of carbonyl (C=O) groups is 1. The topological polar surface area (TPSA) is 38.1 Å². The van der Waals surface area contributed by atoms with E-state index in [2.05, 4.69) is 22.7 Å². The molecule has 6 heteroatoms. The number of aldehydes is 1. The Balaban J connectivity index is 2.27. The van der Waals surface area contributed by atoms with Gasteiger partial charge in [-0.2, -0.15) is 0 Å². The van der Waals surface area contributed by atoms with Gasteiger partial charge in [0.15, 0.2) is 6.29 Å². The third kappa shape index (κ3) is 2.35. The molecule has 1 atom stereocenters. The van der Waals surface area contributed by atoms with Gasteiger partial charge in [-0.15, -0.1) is 11.3 Å². The smallest absolute Gasteiger partial charge is 0.153 e. The lowest BCUT2D eigenvalue weighted by molar-refractivity contribution is 0.112. The van der Waals surface area contributed by atoms with Crippen molar-refractivity contribution < 1.29 is 4.79 Å². The van der Waals surface area contributed by atoms with E-state index in [1.807, 2.05) is 31.2 Å². The predicted molar refractivity (Wildman–Crippen MR) is 95.9 cm³/mol. The quantitative estimate of drug-likeness (QED) is 0.608. The van der Waals surface area contributed by atoms with Crippen molar-refractivity contribution in [3.63, 3.8) is 0 Å². The van der Waals surface area contributed by atoms with Crippen LogP contribution < -0.4 is 4.90 Å². The van der Waals surface area contributed by atoms with Gasteiger partial charge in [0.2, 0.25) is 0 Å². The van der Waals surface area contributed by atoms with E-state index >= 15 is 0 Å². The van der Waals surface area contributed by atoms with Crippen LogP contribution in [-0.4, -0.2) is 22.9 Å². The molecule has 2 aromatic heterocycles. The number of rotatable bonds is 4. The van der Waals surface area contributed by atoms with Crippen molar-refractivity contribution in [2.24, 2.45) is 0 Å². The van der Waals surface area contributed by atoms with Crippen LogP contribution in [-0.2, 0) is 6.54 Å². The van der Waals surface area contributed by atoms with Gasteiger partial charge in [-0.3, -0.25) is 4.79 Å². The number of anilines is 1. The molecule has 4 nitrogen and oxygen atoms in total. The summed E-state index contributed by atoms with van der Waals surface area (Å²) in [6.45, 7) is 12.8. The number of fused-ring (bicyclic) bond motifs is 1. The summed E-state index contributed by atoms with van der Waals surface area (Å²) in [4.78, 5) is 18.1. The lowest BCUT2D eigenvalue weighted by atomic mass is 9.98. The first-order valence-electron chi connectivity index (χ1n) is 7.22. The van der Waals surface area contributed by atoms with E-state index in [-0.39, 0.29) is 5.92 Å². The largest absolute Gasteiger partial charge is 0.347 e. The van der Waals surface area contributed by atoms with Gasteiger partial charge in [0.1, 0.15) is 10.2 Å². The normalized spacial score (nSPS) is 16.5. The third-order valence-electron chi connectivity index (χ3n) is 4.39. The number of hydrogen-bond acceptors (Lipinski definition) is 4. The zero-order valence-corrected chi connectivity index (χ0v) is 15.0. The van der Waals surface area contributed by atoms with Crippen LogP contribution >= 0.6 is 22.9 Å². The maximum atomic E-state index is 11.7. The van der Waals surface area contributed by atoms with E-state index in [9.17, 15) is 4.79 Å². The zero-order chi connectivity index (χ0) is 16.9. The van der Waals surface area contributed by atoms with Crippen molar-refractivity contribution in [1.82, 2.24) is 9.55 Å². The Morgan fingerprint density at radius 2 is 2.30 bits per heavy atom. The molecule has 3 rings (SSSR count). The second kappa shape index (κ2) is 5.65. The molecule has 0 aliphatic carbocycles. The highest BCUT2D eigenvalue weighted by Gasteiger charge is 2.37. The Morgan fingerprint density at radius 1 is 1.61 bits per heavy atom. The van der Waals surface area contributed by atoms with E-state index in [4.69, 9.17) is 11.6 Å². The molecule has 2 aromatic rings. The Morgan fingerprint density at radius 3 is 2.83 bits per heavy atom. The summed E-state index contributed by atoms with van der Waals surface area (Å²) in [6.07, 6.45) is 0.921. The molecule has 1 aliphatic rings. The number of hydrogen-bond donors (Lipinski definition) is 0. The lowest BCUT2D eigenvalue weighted by Gasteiger charge is -2.22. The third-order valence-corrected chi connectivity index (χ3v) is 5.63. The average Bonchev–Trinajstić information content (AvgIpc) is 3.12. The number of thiazole rings is 1. The summed E-state index contributed by atoms with van der Waals surface area (Å²) in [6, 6.07) is 0. The fraction of sp³-hybridized carbons (Fsp3) is 0.294. The summed E-state index contributed by atoms with van der Waals surface area (Å²) in [5.74, 6) is -0.0447. The maximum absolute atomic E-state index is 11.7. The van der Waals surface area contributed by atoms with Crippen molar-refractivity contribution in [3.8, 4) is 0 Å². The highest BCUT2D eigenvalue weighted by atomic mass is 35.5. The Bertz CT molecular complexity index is 833. The van der Waals surface area contributed by atoms with Crippen molar-refractivity contribution in [2.75, 3.05) is 11.9 Å². The van der Waals surface area contributed by atoms with Crippen molar-refractivity contribution in [1.29, 1.82) is 0 Å². The highest BCUT2D eigenvalue weighted by molar-refractivity contribution is 7.10. The SMILES string of the molecule is C=C1Cn2c(C)c(C=O)c(N(C)C(=C)C)c2C1c1nc(Cl)cs1. The number of allylic oxidation sites excluding steroid dienone is 2. The molecule has 0 aromatic carbocycles. The van der Waals surface area contributed by atoms with Gasteiger partial charge in [0, 0.05) is 30.4 Å². The van der Waals surface area contributed by atoms with Crippen LogP contribution in [0.5, 0.6) is 0 Å². The molecule has 1 aliphatic heterocycles. The number of carbonyl (C=O) groups excluding carboxylic acids is 1. The van der Waals surface area contributed by atoms with Crippen LogP contribution in [0, 0.1) is 6.92 Å². The van der Waals surface area contributed by atoms with Gasteiger partial charge in [0.25, 0.3) is 0 Å². The molecular formula is C17H18ClN3OS. The van der Waals surface area contributed by atoms with Crippen molar-refractivity contribution in [2.45, 2.75) is 26.3 Å². The lowest BCUT2D eigenvalue weighted by Crippen LogP contribution is -2.17. The van der Waals surface area contributed by atoms with Gasteiger partial charge in [-0.05, 0) is 19.4 Å². The molecule has 0 fully saturated rings. The minimum absolute atomic E-state index is 0.0447. The van der Waals surface area contributed by atoms with Crippen LogP contribution in [0.15, 0.2) is 29.8 Å². The maximum Gasteiger partial charge on any atom is 0.153 e. The molecule has 0 bridgehead atoms. The first-order chi connectivity index (χ1) is 10.9. The number of aromatic nitrogens is 2. The molecule has 0 N–H and O–H groups in total. The van der Waals surface area contributed by atoms with Crippen LogP contribution in [0.1, 0.15) is 39.6 Å². The summed E-state index contributed by atoms with van der Waals surface area (Å²) < 4.78 is 2.15. The minimum Gasteiger partial charge on any atom is -0.347 e. The Kier molecular flexibility index (Phi) is 3.94. The van der Waals surface area contributed by atoms with E-state index < -0.39 is 0 Å². The molecule has 1 unspecified atom stereocenters. The molecule has 3 heterocycles. The predicted octanol–water partition coefficient (Wildman–Crippen LogP) is 4.39. The Labute approximate surface area is 144 Å². The Hall–Kier alpha value is -1.85. The molecule has 0 spiro atoms. The van der Waals surface area contributed by atoms with E-state index in [0.29, 0.717) is 17.3 Å². The standard InChI is InChI=1S/C17H18ClN3OS/c1-9(2)20(5)15-12(7-22)11(4)21-6-10(3)14(16(15)21)17-19-13(18)8-23-17/h7-8,14H,1,3,6H2,2,4-5H3. The van der Waals surface area contributed by atoms with E-state index in [1.165, 1.54) is 11.3 Å². The van der Waals surface area contributed by atoms with Crippen LogP contribution in [0.25, 0.3) is 0 Å². The van der Waals surface area contributed by atoms with E-state index in [1.54, 1.807) is 0 Å². The summed E-state index contributed by atoms with van der Waals surface area (Å²) >= 11 is 7.53. The fourth-order valence-electron chi connectivity index (χ4n) is 3.12. The molecule has 0 radical (unpaired) electrons. The molecular weight excluding hydrogens is 330 g/mol. The van der Waals surface area contributed by atoms with Crippen LogP contribution in [0.4, 0.5) is 5.69 Å². The summed E-state index contributed by atoms with van der Waals surface area (Å²) in [5.41, 5.74) is 5.51. The van der Waals surface area contributed by atoms with E-state index in [0.717, 1.165) is 39.6 Å². The molecule has 0 saturated carbocycles. The van der Waals surface area contributed by atoms with Gasteiger partial charge in [-0.25, -0.2) is 4.98 Å². The zero-order valence-electron chi connectivity index (χ0n) is 13.4. The number of halogens is 1. The highest BCUT2D eigenvalue weighted by Crippen LogP contribution is 2.47. The first-order valence-corrected chi connectivity index (χ1v) is 8.48. The second-order valence-corrected chi connectivity index (χ2v) is 7.11. The van der Waals surface area contributed by atoms with Gasteiger partial charge >= 0.3 is 0 Å². The van der Waals surface area contributed by atoms with Gasteiger partial charge < -0.3 is 9.47 Å². The minimum atomic E-state index is -0.0447. The average molecular weight is 348 g/mol. The van der Waals surface area contributed by atoms with Crippen LogP contribution in [0.2, 0.25) is 5.15 Å². The second-order valence-electron chi connectivity index (χ2n) is 5.83. The molecule has 120 valence electrons. The molecule has 0 saturated heterocycles. The summed E-state index contributed by atoms with van der Waals surface area (Å²) in [5, 5.41) is 3.22. The monoisotopic (exact) mass is 347 g/mol. The fourth-order valence-corrected chi connectivity index (χ4v) is 4.23. The van der Waals surface area contributed by atoms with Gasteiger partial charge in [-0.1, -0.05) is 24.8 Å².